The third kappa shape index (κ3) is 7.91. The van der Waals surface area contributed by atoms with Gasteiger partial charge in [-0.2, -0.15) is 0 Å². The zero-order valence-electron chi connectivity index (χ0n) is 12.1. The molecule has 0 aliphatic heterocycles. The molecule has 6 heteroatoms. The number of carbonyl (C=O) groups excluding carboxylic acids is 1. The third-order valence-electron chi connectivity index (χ3n) is 3.14. The van der Waals surface area contributed by atoms with Crippen LogP contribution in [0.25, 0.3) is 0 Å². The second kappa shape index (κ2) is 8.94. The molecule has 2 amide bonds. The first kappa shape index (κ1) is 16.9. The van der Waals surface area contributed by atoms with E-state index < -0.39 is 5.97 Å². The summed E-state index contributed by atoms with van der Waals surface area (Å²) in [5, 5.41) is 14.0. The van der Waals surface area contributed by atoms with Gasteiger partial charge in [0.1, 0.15) is 5.82 Å². The van der Waals surface area contributed by atoms with E-state index in [2.05, 4.69) is 10.6 Å². The van der Waals surface area contributed by atoms with Crippen molar-refractivity contribution in [1.82, 2.24) is 10.6 Å². The maximum Gasteiger partial charge on any atom is 0.315 e. The molecule has 0 bridgehead atoms. The first-order valence-corrected chi connectivity index (χ1v) is 6.95. The first-order chi connectivity index (χ1) is 9.97. The second-order valence-corrected chi connectivity index (χ2v) is 5.06. The van der Waals surface area contributed by atoms with Crippen LogP contribution in [0.1, 0.15) is 31.7 Å². The number of hydrogen-bond acceptors (Lipinski definition) is 2. The van der Waals surface area contributed by atoms with Gasteiger partial charge in [-0.05, 0) is 36.5 Å². The standard InChI is InChI=1S/C15H21FN2O3/c1-11(2-7-14(19)20)8-9-17-15(21)18-10-12-3-5-13(16)6-4-12/h3-6,11H,2,7-10H2,1H3,(H,19,20)(H2,17,18,21). The Bertz CT molecular complexity index is 462. The fourth-order valence-electron chi connectivity index (χ4n) is 1.79. The van der Waals surface area contributed by atoms with E-state index in [1.807, 2.05) is 6.92 Å². The topological polar surface area (TPSA) is 78.4 Å². The number of aliphatic carboxylic acids is 1. The molecule has 5 nitrogen and oxygen atoms in total. The molecule has 21 heavy (non-hydrogen) atoms. The van der Waals surface area contributed by atoms with Crippen LogP contribution in [0, 0.1) is 11.7 Å². The highest BCUT2D eigenvalue weighted by atomic mass is 19.1. The zero-order valence-corrected chi connectivity index (χ0v) is 12.1. The average molecular weight is 296 g/mol. The molecule has 0 aliphatic rings. The van der Waals surface area contributed by atoms with Crippen molar-refractivity contribution in [3.05, 3.63) is 35.6 Å². The quantitative estimate of drug-likeness (QED) is 0.689. The van der Waals surface area contributed by atoms with Gasteiger partial charge >= 0.3 is 12.0 Å². The number of carboxylic acids is 1. The minimum absolute atomic E-state index is 0.151. The number of benzene rings is 1. The maximum atomic E-state index is 12.7. The van der Waals surface area contributed by atoms with Crippen LogP contribution in [0.2, 0.25) is 0 Å². The molecule has 0 fully saturated rings. The highest BCUT2D eigenvalue weighted by molar-refractivity contribution is 5.73. The molecule has 0 radical (unpaired) electrons. The summed E-state index contributed by atoms with van der Waals surface area (Å²) in [6.45, 7) is 2.79. The summed E-state index contributed by atoms with van der Waals surface area (Å²) >= 11 is 0. The lowest BCUT2D eigenvalue weighted by Crippen LogP contribution is -2.36. The number of halogens is 1. The van der Waals surface area contributed by atoms with E-state index in [1.54, 1.807) is 12.1 Å². The van der Waals surface area contributed by atoms with Gasteiger partial charge in [0.2, 0.25) is 0 Å². The molecule has 0 heterocycles. The molecular weight excluding hydrogens is 275 g/mol. The molecular formula is C15H21FN2O3. The highest BCUT2D eigenvalue weighted by Crippen LogP contribution is 2.09. The summed E-state index contributed by atoms with van der Waals surface area (Å²) in [6, 6.07) is 5.63. The van der Waals surface area contributed by atoms with E-state index in [1.165, 1.54) is 12.1 Å². The number of amides is 2. The van der Waals surface area contributed by atoms with Crippen LogP contribution in [0.3, 0.4) is 0 Å². The van der Waals surface area contributed by atoms with Gasteiger partial charge in [-0.3, -0.25) is 4.79 Å². The van der Waals surface area contributed by atoms with Crippen molar-refractivity contribution in [3.63, 3.8) is 0 Å². The van der Waals surface area contributed by atoms with Gasteiger partial charge in [0, 0.05) is 19.5 Å². The van der Waals surface area contributed by atoms with E-state index in [4.69, 9.17) is 5.11 Å². The normalized spacial score (nSPS) is 11.7. The Morgan fingerprint density at radius 2 is 1.86 bits per heavy atom. The van der Waals surface area contributed by atoms with E-state index in [-0.39, 0.29) is 24.2 Å². The monoisotopic (exact) mass is 296 g/mol. The molecule has 0 aromatic heterocycles. The van der Waals surface area contributed by atoms with Crippen molar-refractivity contribution in [2.75, 3.05) is 6.54 Å². The molecule has 116 valence electrons. The Morgan fingerprint density at radius 3 is 2.48 bits per heavy atom. The minimum atomic E-state index is -0.799. The number of hydrogen-bond donors (Lipinski definition) is 3. The lowest BCUT2D eigenvalue weighted by molar-refractivity contribution is -0.137. The number of urea groups is 1. The van der Waals surface area contributed by atoms with Crippen molar-refractivity contribution < 1.29 is 19.1 Å². The number of carbonyl (C=O) groups is 2. The first-order valence-electron chi connectivity index (χ1n) is 6.95. The van der Waals surface area contributed by atoms with Crippen LogP contribution in [0.5, 0.6) is 0 Å². The van der Waals surface area contributed by atoms with Gasteiger partial charge in [-0.15, -0.1) is 0 Å². The zero-order chi connectivity index (χ0) is 15.7. The molecule has 1 rings (SSSR count). The van der Waals surface area contributed by atoms with E-state index in [0.29, 0.717) is 19.5 Å². The number of rotatable bonds is 8. The maximum absolute atomic E-state index is 12.7. The van der Waals surface area contributed by atoms with Crippen LogP contribution in [-0.2, 0) is 11.3 Å². The van der Waals surface area contributed by atoms with Crippen LogP contribution in [0.15, 0.2) is 24.3 Å². The molecule has 0 saturated heterocycles. The predicted molar refractivity (Wildman–Crippen MR) is 77.3 cm³/mol. The smallest absolute Gasteiger partial charge is 0.315 e. The van der Waals surface area contributed by atoms with E-state index >= 15 is 0 Å². The SMILES string of the molecule is CC(CCNC(=O)NCc1ccc(F)cc1)CCC(=O)O. The highest BCUT2D eigenvalue weighted by Gasteiger charge is 2.06. The lowest BCUT2D eigenvalue weighted by Gasteiger charge is -2.11. The summed E-state index contributed by atoms with van der Waals surface area (Å²) in [5.74, 6) is -0.858. The van der Waals surface area contributed by atoms with Crippen LogP contribution < -0.4 is 10.6 Å². The Morgan fingerprint density at radius 1 is 1.19 bits per heavy atom. The molecule has 0 spiro atoms. The molecule has 1 unspecified atom stereocenters. The summed E-state index contributed by atoms with van der Waals surface area (Å²) in [5.41, 5.74) is 0.821. The minimum Gasteiger partial charge on any atom is -0.481 e. The second-order valence-electron chi connectivity index (χ2n) is 5.06. The van der Waals surface area contributed by atoms with Crippen molar-refractivity contribution in [2.45, 2.75) is 32.7 Å². The van der Waals surface area contributed by atoms with Crippen LogP contribution in [-0.4, -0.2) is 23.7 Å². The fourth-order valence-corrected chi connectivity index (χ4v) is 1.79. The molecule has 0 aliphatic carbocycles. The molecule has 1 aromatic rings. The van der Waals surface area contributed by atoms with Crippen molar-refractivity contribution >= 4 is 12.0 Å². The summed E-state index contributed by atoms with van der Waals surface area (Å²) < 4.78 is 12.7. The average Bonchev–Trinajstić information content (AvgIpc) is 2.44. The Balaban J connectivity index is 2.13. The Hall–Kier alpha value is -2.11. The van der Waals surface area contributed by atoms with Gasteiger partial charge in [-0.25, -0.2) is 9.18 Å². The fraction of sp³-hybridized carbons (Fsp3) is 0.467. The van der Waals surface area contributed by atoms with E-state index in [0.717, 1.165) is 12.0 Å². The van der Waals surface area contributed by atoms with Gasteiger partial charge < -0.3 is 15.7 Å². The Labute approximate surface area is 123 Å². The largest absolute Gasteiger partial charge is 0.481 e. The molecule has 1 aromatic carbocycles. The van der Waals surface area contributed by atoms with Gasteiger partial charge in [0.15, 0.2) is 0 Å². The molecule has 1 atom stereocenters. The van der Waals surface area contributed by atoms with Gasteiger partial charge in [0.25, 0.3) is 0 Å². The van der Waals surface area contributed by atoms with E-state index in [9.17, 15) is 14.0 Å². The van der Waals surface area contributed by atoms with Crippen LogP contribution >= 0.6 is 0 Å². The summed E-state index contributed by atoms with van der Waals surface area (Å²) in [4.78, 5) is 22.0. The van der Waals surface area contributed by atoms with Crippen LogP contribution in [0.4, 0.5) is 9.18 Å². The summed E-state index contributed by atoms with van der Waals surface area (Å²) in [7, 11) is 0. The Kier molecular flexibility index (Phi) is 7.21. The number of carboxylic acid groups (broad SMARTS) is 1. The van der Waals surface area contributed by atoms with Crippen molar-refractivity contribution in [1.29, 1.82) is 0 Å². The molecule has 0 saturated carbocycles. The third-order valence-corrected chi connectivity index (χ3v) is 3.14. The van der Waals surface area contributed by atoms with Crippen molar-refractivity contribution in [3.8, 4) is 0 Å². The number of nitrogens with one attached hydrogen (secondary N) is 2. The van der Waals surface area contributed by atoms with Crippen molar-refractivity contribution in [2.24, 2.45) is 5.92 Å². The van der Waals surface area contributed by atoms with Gasteiger partial charge in [0.05, 0.1) is 0 Å². The molecule has 3 N–H and O–H groups in total. The van der Waals surface area contributed by atoms with Gasteiger partial charge in [-0.1, -0.05) is 19.1 Å². The summed E-state index contributed by atoms with van der Waals surface area (Å²) in [6.07, 6.45) is 1.49. The lowest BCUT2D eigenvalue weighted by atomic mass is 10.0. The predicted octanol–water partition coefficient (Wildman–Crippen LogP) is 2.52.